The van der Waals surface area contributed by atoms with Crippen LogP contribution in [0.5, 0.6) is 0 Å². The molecule has 1 atom stereocenters. The molecule has 1 amide bonds. The van der Waals surface area contributed by atoms with Crippen LogP contribution in [0.15, 0.2) is 22.7 Å². The average molecular weight is 412 g/mol. The fourth-order valence-corrected chi connectivity index (χ4v) is 3.16. The second kappa shape index (κ2) is 8.98. The Morgan fingerprint density at radius 2 is 2.16 bits per heavy atom. The third kappa shape index (κ3) is 5.84. The first-order valence-corrected chi connectivity index (χ1v) is 8.67. The standard InChI is InChI=1S/C14H18Br2ClNO/c1-2-3-10(6-7-15)9-18-14(19)12-8-11(17)4-5-13(12)16/h4-5,8,10H,2-3,6-7,9H2,1H3,(H,18,19). The monoisotopic (exact) mass is 409 g/mol. The summed E-state index contributed by atoms with van der Waals surface area (Å²) in [6.45, 7) is 2.87. The summed E-state index contributed by atoms with van der Waals surface area (Å²) in [5.41, 5.74) is 0.585. The third-order valence-electron chi connectivity index (χ3n) is 2.94. The largest absolute Gasteiger partial charge is 0.352 e. The van der Waals surface area contributed by atoms with Crippen LogP contribution in [0.2, 0.25) is 5.02 Å². The SMILES string of the molecule is CCCC(CCBr)CNC(=O)c1cc(Cl)ccc1Br. The van der Waals surface area contributed by atoms with Gasteiger partial charge in [0.2, 0.25) is 0 Å². The number of carbonyl (C=O) groups excluding carboxylic acids is 1. The number of hydrogen-bond acceptors (Lipinski definition) is 1. The molecule has 0 spiro atoms. The Labute approximate surface area is 136 Å². The van der Waals surface area contributed by atoms with Crippen LogP contribution in [-0.4, -0.2) is 17.8 Å². The molecule has 0 aliphatic heterocycles. The summed E-state index contributed by atoms with van der Waals surface area (Å²) in [5.74, 6) is 0.441. The highest BCUT2D eigenvalue weighted by molar-refractivity contribution is 9.10. The molecule has 0 fully saturated rings. The van der Waals surface area contributed by atoms with E-state index in [2.05, 4.69) is 44.1 Å². The second-order valence-electron chi connectivity index (χ2n) is 4.47. The Kier molecular flexibility index (Phi) is 8.03. The van der Waals surface area contributed by atoms with Crippen LogP contribution < -0.4 is 5.32 Å². The highest BCUT2D eigenvalue weighted by Crippen LogP contribution is 2.21. The van der Waals surface area contributed by atoms with Crippen molar-refractivity contribution in [1.29, 1.82) is 0 Å². The molecule has 0 radical (unpaired) electrons. The molecule has 5 heteroatoms. The maximum Gasteiger partial charge on any atom is 0.252 e. The van der Waals surface area contributed by atoms with Gasteiger partial charge in [-0.1, -0.05) is 40.9 Å². The van der Waals surface area contributed by atoms with Crippen molar-refractivity contribution in [2.75, 3.05) is 11.9 Å². The summed E-state index contributed by atoms with van der Waals surface area (Å²) in [6, 6.07) is 5.23. The zero-order valence-corrected chi connectivity index (χ0v) is 14.8. The Hall–Kier alpha value is -0.0600. The Morgan fingerprint density at radius 3 is 2.79 bits per heavy atom. The number of benzene rings is 1. The van der Waals surface area contributed by atoms with Gasteiger partial charge in [0.25, 0.3) is 5.91 Å². The van der Waals surface area contributed by atoms with Crippen molar-refractivity contribution < 1.29 is 4.79 Å². The average Bonchev–Trinajstić information content (AvgIpc) is 2.39. The first-order valence-electron chi connectivity index (χ1n) is 6.37. The van der Waals surface area contributed by atoms with Crippen LogP contribution >= 0.6 is 43.5 Å². The van der Waals surface area contributed by atoms with Gasteiger partial charge in [-0.2, -0.15) is 0 Å². The lowest BCUT2D eigenvalue weighted by Crippen LogP contribution is -2.29. The maximum absolute atomic E-state index is 12.1. The lowest BCUT2D eigenvalue weighted by atomic mass is 10.0. The quantitative estimate of drug-likeness (QED) is 0.626. The predicted octanol–water partition coefficient (Wildman–Crippen LogP) is 5.03. The summed E-state index contributed by atoms with van der Waals surface area (Å²) in [5, 5.41) is 4.52. The van der Waals surface area contributed by atoms with Gasteiger partial charge in [-0.15, -0.1) is 0 Å². The lowest BCUT2D eigenvalue weighted by Gasteiger charge is -2.16. The second-order valence-corrected chi connectivity index (χ2v) is 6.55. The molecule has 1 unspecified atom stereocenters. The predicted molar refractivity (Wildman–Crippen MR) is 88.3 cm³/mol. The van der Waals surface area contributed by atoms with E-state index in [1.807, 2.05) is 0 Å². The fraction of sp³-hybridized carbons (Fsp3) is 0.500. The van der Waals surface area contributed by atoms with Crippen molar-refractivity contribution >= 4 is 49.4 Å². The number of nitrogens with one attached hydrogen (secondary N) is 1. The summed E-state index contributed by atoms with van der Waals surface area (Å²) >= 11 is 12.7. The zero-order chi connectivity index (χ0) is 14.3. The molecular weight excluding hydrogens is 393 g/mol. The summed E-state index contributed by atoms with van der Waals surface area (Å²) < 4.78 is 0.766. The van der Waals surface area contributed by atoms with Gasteiger partial charge in [0.15, 0.2) is 0 Å². The van der Waals surface area contributed by atoms with Gasteiger partial charge in [-0.3, -0.25) is 4.79 Å². The Morgan fingerprint density at radius 1 is 1.42 bits per heavy atom. The van der Waals surface area contributed by atoms with Crippen LogP contribution in [0.1, 0.15) is 36.5 Å². The van der Waals surface area contributed by atoms with Gasteiger partial charge < -0.3 is 5.32 Å². The normalized spacial score (nSPS) is 12.2. The minimum Gasteiger partial charge on any atom is -0.352 e. The molecule has 0 heterocycles. The number of carbonyl (C=O) groups is 1. The molecule has 19 heavy (non-hydrogen) atoms. The van der Waals surface area contributed by atoms with Gasteiger partial charge in [-0.25, -0.2) is 0 Å². The minimum atomic E-state index is -0.0787. The van der Waals surface area contributed by atoms with Gasteiger partial charge in [0, 0.05) is 21.4 Å². The molecule has 0 saturated carbocycles. The van der Waals surface area contributed by atoms with E-state index in [0.29, 0.717) is 23.0 Å². The van der Waals surface area contributed by atoms with Crippen LogP contribution in [-0.2, 0) is 0 Å². The van der Waals surface area contributed by atoms with E-state index in [0.717, 1.165) is 29.1 Å². The van der Waals surface area contributed by atoms with E-state index >= 15 is 0 Å². The molecule has 0 bridgehead atoms. The van der Waals surface area contributed by atoms with Gasteiger partial charge >= 0.3 is 0 Å². The maximum atomic E-state index is 12.1. The number of alkyl halides is 1. The highest BCUT2D eigenvalue weighted by atomic mass is 79.9. The third-order valence-corrected chi connectivity index (χ3v) is 4.32. The molecular formula is C14H18Br2ClNO. The molecule has 1 N–H and O–H groups in total. The van der Waals surface area contributed by atoms with Crippen molar-refractivity contribution in [1.82, 2.24) is 5.32 Å². The molecule has 106 valence electrons. The summed E-state index contributed by atoms with van der Waals surface area (Å²) in [6.07, 6.45) is 3.34. The zero-order valence-electron chi connectivity index (χ0n) is 10.9. The number of rotatable bonds is 7. The van der Waals surface area contributed by atoms with E-state index in [9.17, 15) is 4.79 Å². The number of hydrogen-bond donors (Lipinski definition) is 1. The first kappa shape index (κ1) is 17.0. The van der Waals surface area contributed by atoms with Crippen molar-refractivity contribution in [3.8, 4) is 0 Å². The summed E-state index contributed by atoms with van der Waals surface area (Å²) in [7, 11) is 0. The lowest BCUT2D eigenvalue weighted by molar-refractivity contribution is 0.0945. The topological polar surface area (TPSA) is 29.1 Å². The summed E-state index contributed by atoms with van der Waals surface area (Å²) in [4.78, 5) is 12.1. The van der Waals surface area contributed by atoms with E-state index in [-0.39, 0.29) is 5.91 Å². The van der Waals surface area contributed by atoms with Crippen LogP contribution in [0.3, 0.4) is 0 Å². The highest BCUT2D eigenvalue weighted by Gasteiger charge is 2.13. The molecule has 1 aromatic rings. The van der Waals surface area contributed by atoms with Crippen molar-refractivity contribution in [2.45, 2.75) is 26.2 Å². The van der Waals surface area contributed by atoms with Crippen LogP contribution in [0.25, 0.3) is 0 Å². The molecule has 0 saturated heterocycles. The first-order chi connectivity index (χ1) is 9.08. The Balaban J connectivity index is 2.61. The Bertz CT molecular complexity index is 420. The van der Waals surface area contributed by atoms with Crippen molar-refractivity contribution in [3.05, 3.63) is 33.3 Å². The molecule has 0 aliphatic carbocycles. The van der Waals surface area contributed by atoms with Gasteiger partial charge in [0.05, 0.1) is 5.56 Å². The smallest absolute Gasteiger partial charge is 0.252 e. The van der Waals surface area contributed by atoms with Crippen molar-refractivity contribution in [2.24, 2.45) is 5.92 Å². The van der Waals surface area contributed by atoms with E-state index < -0.39 is 0 Å². The van der Waals surface area contributed by atoms with Gasteiger partial charge in [0.1, 0.15) is 0 Å². The van der Waals surface area contributed by atoms with Crippen LogP contribution in [0, 0.1) is 5.92 Å². The van der Waals surface area contributed by atoms with E-state index in [4.69, 9.17) is 11.6 Å². The molecule has 1 rings (SSSR count). The van der Waals surface area contributed by atoms with Crippen molar-refractivity contribution in [3.63, 3.8) is 0 Å². The minimum absolute atomic E-state index is 0.0787. The van der Waals surface area contributed by atoms with E-state index in [1.165, 1.54) is 0 Å². The van der Waals surface area contributed by atoms with E-state index in [1.54, 1.807) is 18.2 Å². The fourth-order valence-electron chi connectivity index (χ4n) is 1.91. The van der Waals surface area contributed by atoms with Crippen LogP contribution in [0.4, 0.5) is 0 Å². The molecule has 1 aromatic carbocycles. The number of amides is 1. The van der Waals surface area contributed by atoms with Gasteiger partial charge in [-0.05, 0) is 52.9 Å². The molecule has 0 aromatic heterocycles. The number of halogens is 3. The molecule has 0 aliphatic rings. The molecule has 2 nitrogen and oxygen atoms in total.